The first-order valence-electron chi connectivity index (χ1n) is 7.16. The van der Waals surface area contributed by atoms with Gasteiger partial charge in [0.25, 0.3) is 10.2 Å². The molecule has 0 saturated carbocycles. The van der Waals surface area contributed by atoms with Crippen LogP contribution in [0.25, 0.3) is 0 Å². The van der Waals surface area contributed by atoms with Gasteiger partial charge in [-0.1, -0.05) is 0 Å². The predicted molar refractivity (Wildman–Crippen MR) is 76.1 cm³/mol. The highest BCUT2D eigenvalue weighted by Gasteiger charge is 2.36. The molecule has 0 amide bonds. The minimum absolute atomic E-state index is 0.0227. The molecule has 0 aromatic carbocycles. The van der Waals surface area contributed by atoms with E-state index in [0.29, 0.717) is 45.6 Å². The zero-order valence-electron chi connectivity index (χ0n) is 12.2. The standard InChI is InChI=1S/C12H23N3O5S/c1-20-11-2-5-14(6-3-11)21(18,19)15-7-4-13-8-10(9-15)12(16)17/h10-11,13H,2-9H2,1H3,(H,16,17)/t10-/m1/s1. The van der Waals surface area contributed by atoms with Gasteiger partial charge in [0, 0.05) is 46.4 Å². The minimum Gasteiger partial charge on any atom is -0.481 e. The molecule has 2 saturated heterocycles. The van der Waals surface area contributed by atoms with E-state index in [2.05, 4.69) is 5.32 Å². The molecule has 2 aliphatic heterocycles. The third-order valence-electron chi connectivity index (χ3n) is 4.09. The predicted octanol–water partition coefficient (Wildman–Crippen LogP) is -1.05. The van der Waals surface area contributed by atoms with Gasteiger partial charge in [-0.05, 0) is 12.8 Å². The third-order valence-corrected chi connectivity index (χ3v) is 6.09. The zero-order valence-corrected chi connectivity index (χ0v) is 13.0. The minimum atomic E-state index is -3.60. The number of carboxylic acid groups (broad SMARTS) is 1. The summed E-state index contributed by atoms with van der Waals surface area (Å²) in [5, 5.41) is 12.1. The molecule has 0 unspecified atom stereocenters. The Hall–Kier alpha value is -0.740. The SMILES string of the molecule is COC1CCN(S(=O)(=O)N2CCNC[C@@H](C(=O)O)C2)CC1. The van der Waals surface area contributed by atoms with Crippen molar-refractivity contribution in [3.8, 4) is 0 Å². The average molecular weight is 321 g/mol. The molecular weight excluding hydrogens is 298 g/mol. The number of nitrogens with one attached hydrogen (secondary N) is 1. The number of nitrogens with zero attached hydrogens (tertiary/aromatic N) is 2. The van der Waals surface area contributed by atoms with Gasteiger partial charge < -0.3 is 15.2 Å². The van der Waals surface area contributed by atoms with Crippen molar-refractivity contribution in [2.75, 3.05) is 46.4 Å². The van der Waals surface area contributed by atoms with Crippen LogP contribution < -0.4 is 5.32 Å². The molecule has 0 aliphatic carbocycles. The lowest BCUT2D eigenvalue weighted by Gasteiger charge is -2.34. The number of carboxylic acids is 1. The topological polar surface area (TPSA) is 99.2 Å². The van der Waals surface area contributed by atoms with Crippen LogP contribution in [-0.4, -0.2) is 80.6 Å². The molecule has 0 bridgehead atoms. The first kappa shape index (κ1) is 16.6. The summed E-state index contributed by atoms with van der Waals surface area (Å²) in [5.74, 6) is -1.68. The molecule has 2 N–H and O–H groups in total. The molecule has 21 heavy (non-hydrogen) atoms. The zero-order chi connectivity index (χ0) is 15.5. The lowest BCUT2D eigenvalue weighted by molar-refractivity contribution is -0.141. The van der Waals surface area contributed by atoms with E-state index in [1.807, 2.05) is 0 Å². The van der Waals surface area contributed by atoms with Crippen LogP contribution in [0, 0.1) is 5.92 Å². The Balaban J connectivity index is 2.05. The van der Waals surface area contributed by atoms with Crippen molar-refractivity contribution in [3.05, 3.63) is 0 Å². The summed E-state index contributed by atoms with van der Waals surface area (Å²) in [4.78, 5) is 11.1. The van der Waals surface area contributed by atoms with Gasteiger partial charge in [-0.2, -0.15) is 17.0 Å². The quantitative estimate of drug-likeness (QED) is 0.685. The number of rotatable bonds is 4. The van der Waals surface area contributed by atoms with Gasteiger partial charge in [-0.15, -0.1) is 0 Å². The van der Waals surface area contributed by atoms with E-state index < -0.39 is 22.1 Å². The molecule has 1 atom stereocenters. The van der Waals surface area contributed by atoms with Crippen LogP contribution >= 0.6 is 0 Å². The smallest absolute Gasteiger partial charge is 0.309 e. The molecule has 0 aromatic rings. The second-order valence-corrected chi connectivity index (χ2v) is 7.37. The van der Waals surface area contributed by atoms with Gasteiger partial charge in [0.15, 0.2) is 0 Å². The highest BCUT2D eigenvalue weighted by molar-refractivity contribution is 7.86. The van der Waals surface area contributed by atoms with Crippen molar-refractivity contribution in [3.63, 3.8) is 0 Å². The number of aliphatic carboxylic acids is 1. The second-order valence-electron chi connectivity index (χ2n) is 5.44. The Morgan fingerprint density at radius 3 is 2.48 bits per heavy atom. The Labute approximate surface area is 125 Å². The van der Waals surface area contributed by atoms with E-state index in [1.54, 1.807) is 7.11 Å². The monoisotopic (exact) mass is 321 g/mol. The van der Waals surface area contributed by atoms with E-state index in [0.717, 1.165) is 0 Å². The molecule has 0 aromatic heterocycles. The summed E-state index contributed by atoms with van der Waals surface area (Å²) in [7, 11) is -1.97. The van der Waals surface area contributed by atoms with Crippen LogP contribution in [0.2, 0.25) is 0 Å². The molecule has 2 aliphatic rings. The lowest BCUT2D eigenvalue weighted by Crippen LogP contribution is -2.50. The van der Waals surface area contributed by atoms with Gasteiger partial charge >= 0.3 is 5.97 Å². The van der Waals surface area contributed by atoms with E-state index in [1.165, 1.54) is 8.61 Å². The van der Waals surface area contributed by atoms with E-state index in [9.17, 15) is 13.2 Å². The van der Waals surface area contributed by atoms with Crippen LogP contribution in [-0.2, 0) is 19.7 Å². The van der Waals surface area contributed by atoms with Gasteiger partial charge in [0.2, 0.25) is 0 Å². The Morgan fingerprint density at radius 1 is 1.24 bits per heavy atom. The van der Waals surface area contributed by atoms with Crippen molar-refractivity contribution in [2.24, 2.45) is 5.92 Å². The van der Waals surface area contributed by atoms with Gasteiger partial charge in [0.1, 0.15) is 0 Å². The molecule has 122 valence electrons. The summed E-state index contributed by atoms with van der Waals surface area (Å²) >= 11 is 0. The first-order chi connectivity index (χ1) is 9.95. The van der Waals surface area contributed by atoms with Crippen molar-refractivity contribution < 1.29 is 23.1 Å². The van der Waals surface area contributed by atoms with Crippen molar-refractivity contribution in [1.82, 2.24) is 13.9 Å². The number of methoxy groups -OCH3 is 1. The van der Waals surface area contributed by atoms with E-state index in [-0.39, 0.29) is 12.6 Å². The first-order valence-corrected chi connectivity index (χ1v) is 8.56. The summed E-state index contributed by atoms with van der Waals surface area (Å²) in [6, 6.07) is 0. The van der Waals surface area contributed by atoms with Crippen LogP contribution in [0.1, 0.15) is 12.8 Å². The van der Waals surface area contributed by atoms with Crippen LogP contribution in [0.3, 0.4) is 0 Å². The van der Waals surface area contributed by atoms with Gasteiger partial charge in [0.05, 0.1) is 12.0 Å². The molecule has 0 spiro atoms. The number of hydrogen-bond donors (Lipinski definition) is 2. The fraction of sp³-hybridized carbons (Fsp3) is 0.917. The van der Waals surface area contributed by atoms with Crippen LogP contribution in [0.15, 0.2) is 0 Å². The maximum Gasteiger partial charge on any atom is 0.309 e. The molecule has 8 nitrogen and oxygen atoms in total. The Bertz CT molecular complexity index is 462. The van der Waals surface area contributed by atoms with Gasteiger partial charge in [-0.3, -0.25) is 4.79 Å². The number of hydrogen-bond acceptors (Lipinski definition) is 5. The van der Waals surface area contributed by atoms with Crippen LogP contribution in [0.5, 0.6) is 0 Å². The van der Waals surface area contributed by atoms with Crippen molar-refractivity contribution in [2.45, 2.75) is 18.9 Å². The molecule has 0 radical (unpaired) electrons. The molecule has 9 heteroatoms. The lowest BCUT2D eigenvalue weighted by atomic mass is 10.1. The summed E-state index contributed by atoms with van der Waals surface area (Å²) in [6.45, 7) is 1.93. The van der Waals surface area contributed by atoms with Crippen molar-refractivity contribution >= 4 is 16.2 Å². The second kappa shape index (κ2) is 7.01. The number of ether oxygens (including phenoxy) is 1. The Morgan fingerprint density at radius 2 is 1.90 bits per heavy atom. The van der Waals surface area contributed by atoms with Gasteiger partial charge in [-0.25, -0.2) is 0 Å². The molecule has 2 fully saturated rings. The normalized spacial score (nSPS) is 27.4. The summed E-state index contributed by atoms with van der Waals surface area (Å²) < 4.78 is 33.3. The van der Waals surface area contributed by atoms with Crippen LogP contribution in [0.4, 0.5) is 0 Å². The average Bonchev–Trinajstić information content (AvgIpc) is 2.74. The fourth-order valence-electron chi connectivity index (χ4n) is 2.72. The van der Waals surface area contributed by atoms with E-state index >= 15 is 0 Å². The third kappa shape index (κ3) is 3.92. The Kier molecular flexibility index (Phi) is 5.55. The summed E-state index contributed by atoms with van der Waals surface area (Å²) in [6.07, 6.45) is 1.45. The number of piperidine rings is 1. The summed E-state index contributed by atoms with van der Waals surface area (Å²) in [5.41, 5.74) is 0. The van der Waals surface area contributed by atoms with Crippen molar-refractivity contribution in [1.29, 1.82) is 0 Å². The highest BCUT2D eigenvalue weighted by Crippen LogP contribution is 2.20. The number of carbonyl (C=O) groups is 1. The molecule has 2 heterocycles. The molecular formula is C12H23N3O5S. The molecule has 2 rings (SSSR count). The van der Waals surface area contributed by atoms with E-state index in [4.69, 9.17) is 9.84 Å². The fourth-order valence-corrected chi connectivity index (χ4v) is 4.41. The highest BCUT2D eigenvalue weighted by atomic mass is 32.2. The maximum atomic E-state index is 12.6. The maximum absolute atomic E-state index is 12.6. The largest absolute Gasteiger partial charge is 0.481 e.